The molecule has 2 aromatic heterocycles. The van der Waals surface area contributed by atoms with Gasteiger partial charge < -0.3 is 14.6 Å². The molecule has 120 valence electrons. The van der Waals surface area contributed by atoms with Crippen molar-refractivity contribution < 1.29 is 4.42 Å². The number of rotatable bonds is 3. The fourth-order valence-electron chi connectivity index (χ4n) is 2.98. The van der Waals surface area contributed by atoms with Gasteiger partial charge in [-0.1, -0.05) is 22.0 Å². The van der Waals surface area contributed by atoms with Crippen LogP contribution in [0.15, 0.2) is 75.9 Å². The van der Waals surface area contributed by atoms with Crippen molar-refractivity contribution in [3.8, 4) is 0 Å². The minimum Gasteiger partial charge on any atom is -0.467 e. The Kier molecular flexibility index (Phi) is 4.08. The third-order valence-electron chi connectivity index (χ3n) is 4.04. The molecule has 0 amide bonds. The largest absolute Gasteiger partial charge is 0.467 e. The quantitative estimate of drug-likeness (QED) is 0.650. The van der Waals surface area contributed by atoms with E-state index in [1.807, 2.05) is 54.6 Å². The number of hydrogen-bond acceptors (Lipinski definition) is 3. The highest BCUT2D eigenvalue weighted by atomic mass is 79.9. The molecule has 0 bridgehead atoms. The lowest BCUT2D eigenvalue weighted by Gasteiger charge is -2.26. The van der Waals surface area contributed by atoms with Crippen LogP contribution < -0.4 is 10.2 Å². The van der Waals surface area contributed by atoms with E-state index in [9.17, 15) is 0 Å². The van der Waals surface area contributed by atoms with E-state index in [4.69, 9.17) is 16.6 Å². The number of nitrogens with one attached hydrogen (secondary N) is 1. The lowest BCUT2D eigenvalue weighted by Crippen LogP contribution is -2.29. The lowest BCUT2D eigenvalue weighted by molar-refractivity contribution is 0.432. The maximum atomic E-state index is 5.71. The predicted molar refractivity (Wildman–Crippen MR) is 101 cm³/mol. The standard InChI is InChI=1S/C18H14BrN3OS/c19-12-6-8-13(9-7-12)22-17(15-5-3-11-23-15)16(21-18(22)24)14-4-1-2-10-20-14/h1-11,16-17H,(H,21,24)/t16-,17-/m1/s1. The molecule has 0 saturated carbocycles. The van der Waals surface area contributed by atoms with Crippen molar-refractivity contribution in [3.63, 3.8) is 0 Å². The van der Waals surface area contributed by atoms with E-state index in [1.54, 1.807) is 12.5 Å². The molecular formula is C18H14BrN3OS. The first-order valence-corrected chi connectivity index (χ1v) is 8.74. The van der Waals surface area contributed by atoms with Gasteiger partial charge >= 0.3 is 0 Å². The molecule has 1 N–H and O–H groups in total. The summed E-state index contributed by atoms with van der Waals surface area (Å²) in [5, 5.41) is 4.06. The Bertz CT molecular complexity index is 836. The highest BCUT2D eigenvalue weighted by molar-refractivity contribution is 9.10. The van der Waals surface area contributed by atoms with Gasteiger partial charge in [0, 0.05) is 16.4 Å². The van der Waals surface area contributed by atoms with Crippen LogP contribution in [0.3, 0.4) is 0 Å². The summed E-state index contributed by atoms with van der Waals surface area (Å²) in [6.07, 6.45) is 3.48. The number of halogens is 1. The van der Waals surface area contributed by atoms with E-state index in [0.717, 1.165) is 21.6 Å². The average Bonchev–Trinajstić information content (AvgIpc) is 3.24. The van der Waals surface area contributed by atoms with Gasteiger partial charge in [-0.05, 0) is 60.7 Å². The summed E-state index contributed by atoms with van der Waals surface area (Å²) in [6.45, 7) is 0. The van der Waals surface area contributed by atoms with Crippen molar-refractivity contribution in [2.24, 2.45) is 0 Å². The number of hydrogen-bond donors (Lipinski definition) is 1. The maximum absolute atomic E-state index is 5.71. The van der Waals surface area contributed by atoms with Crippen LogP contribution in [0.5, 0.6) is 0 Å². The average molecular weight is 400 g/mol. The third-order valence-corrected chi connectivity index (χ3v) is 4.88. The summed E-state index contributed by atoms with van der Waals surface area (Å²) in [5.74, 6) is 0.848. The summed E-state index contributed by atoms with van der Waals surface area (Å²) in [6, 6.07) is 17.7. The van der Waals surface area contributed by atoms with Gasteiger partial charge in [-0.3, -0.25) is 4.98 Å². The van der Waals surface area contributed by atoms with Crippen LogP contribution in [0, 0.1) is 0 Å². The Labute approximate surface area is 153 Å². The predicted octanol–water partition coefficient (Wildman–Crippen LogP) is 4.61. The van der Waals surface area contributed by atoms with Crippen LogP contribution in [0.4, 0.5) is 5.69 Å². The smallest absolute Gasteiger partial charge is 0.174 e. The number of aromatic nitrogens is 1. The zero-order valence-corrected chi connectivity index (χ0v) is 15.0. The molecule has 3 heterocycles. The van der Waals surface area contributed by atoms with Gasteiger partial charge in [0.05, 0.1) is 18.0 Å². The number of nitrogens with zero attached hydrogens (tertiary/aromatic N) is 2. The number of thiocarbonyl (C=S) groups is 1. The molecule has 0 spiro atoms. The molecule has 4 rings (SSSR count). The van der Waals surface area contributed by atoms with Gasteiger partial charge in [0.25, 0.3) is 0 Å². The highest BCUT2D eigenvalue weighted by Gasteiger charge is 2.42. The fourth-order valence-corrected chi connectivity index (χ4v) is 3.59. The molecule has 0 aliphatic carbocycles. The first-order chi connectivity index (χ1) is 11.7. The van der Waals surface area contributed by atoms with E-state index in [2.05, 4.69) is 31.1 Å². The molecule has 3 aromatic rings. The van der Waals surface area contributed by atoms with Crippen LogP contribution in [-0.4, -0.2) is 10.1 Å². The SMILES string of the molecule is S=C1N[C@H](c2ccccn2)[C@@H](c2ccco2)N1c1ccc(Br)cc1. The summed E-state index contributed by atoms with van der Waals surface area (Å²) in [5.41, 5.74) is 1.94. The van der Waals surface area contributed by atoms with Gasteiger partial charge in [-0.25, -0.2) is 0 Å². The third kappa shape index (κ3) is 2.72. The van der Waals surface area contributed by atoms with Crippen LogP contribution in [-0.2, 0) is 0 Å². The van der Waals surface area contributed by atoms with Crippen molar-refractivity contribution in [1.82, 2.24) is 10.3 Å². The summed E-state index contributed by atoms with van der Waals surface area (Å²) < 4.78 is 6.74. The summed E-state index contributed by atoms with van der Waals surface area (Å²) in [7, 11) is 0. The zero-order chi connectivity index (χ0) is 16.5. The van der Waals surface area contributed by atoms with Gasteiger partial charge in [0.2, 0.25) is 0 Å². The molecule has 1 aliphatic rings. The monoisotopic (exact) mass is 399 g/mol. The molecular weight excluding hydrogens is 386 g/mol. The van der Waals surface area contributed by atoms with Crippen LogP contribution in [0.25, 0.3) is 0 Å². The van der Waals surface area contributed by atoms with Gasteiger partial charge in [-0.15, -0.1) is 0 Å². The second-order valence-corrected chi connectivity index (χ2v) is 6.79. The van der Waals surface area contributed by atoms with E-state index in [0.29, 0.717) is 5.11 Å². The minimum atomic E-state index is -0.0939. The molecule has 0 radical (unpaired) electrons. The molecule has 2 atom stereocenters. The summed E-state index contributed by atoms with van der Waals surface area (Å²) in [4.78, 5) is 6.58. The van der Waals surface area contributed by atoms with Crippen molar-refractivity contribution in [1.29, 1.82) is 0 Å². The Balaban J connectivity index is 1.80. The molecule has 1 saturated heterocycles. The van der Waals surface area contributed by atoms with Gasteiger partial charge in [0.15, 0.2) is 5.11 Å². The van der Waals surface area contributed by atoms with Crippen molar-refractivity contribution in [2.75, 3.05) is 4.90 Å². The molecule has 1 fully saturated rings. The van der Waals surface area contributed by atoms with Crippen LogP contribution >= 0.6 is 28.1 Å². The van der Waals surface area contributed by atoms with E-state index < -0.39 is 0 Å². The molecule has 24 heavy (non-hydrogen) atoms. The zero-order valence-electron chi connectivity index (χ0n) is 12.6. The Morgan fingerprint density at radius 3 is 2.58 bits per heavy atom. The van der Waals surface area contributed by atoms with Gasteiger partial charge in [-0.2, -0.15) is 0 Å². The number of benzene rings is 1. The van der Waals surface area contributed by atoms with Crippen molar-refractivity contribution in [3.05, 3.63) is 83.0 Å². The van der Waals surface area contributed by atoms with Gasteiger partial charge in [0.1, 0.15) is 11.8 Å². The number of furan rings is 1. The maximum Gasteiger partial charge on any atom is 0.174 e. The minimum absolute atomic E-state index is 0.0755. The highest BCUT2D eigenvalue weighted by Crippen LogP contribution is 2.41. The topological polar surface area (TPSA) is 41.3 Å². The van der Waals surface area contributed by atoms with Crippen LogP contribution in [0.2, 0.25) is 0 Å². The number of pyridine rings is 1. The first kappa shape index (κ1) is 15.4. The Hall–Kier alpha value is -2.18. The molecule has 0 unspecified atom stereocenters. The molecule has 1 aromatic carbocycles. The normalized spacial score (nSPS) is 20.2. The summed E-state index contributed by atoms with van der Waals surface area (Å²) >= 11 is 9.09. The van der Waals surface area contributed by atoms with Crippen molar-refractivity contribution in [2.45, 2.75) is 12.1 Å². The van der Waals surface area contributed by atoms with Crippen LogP contribution in [0.1, 0.15) is 23.5 Å². The molecule has 1 aliphatic heterocycles. The first-order valence-electron chi connectivity index (χ1n) is 7.53. The Morgan fingerprint density at radius 2 is 1.92 bits per heavy atom. The molecule has 6 heteroatoms. The van der Waals surface area contributed by atoms with Crippen molar-refractivity contribution >= 4 is 38.9 Å². The van der Waals surface area contributed by atoms with E-state index in [-0.39, 0.29) is 12.1 Å². The van der Waals surface area contributed by atoms with E-state index >= 15 is 0 Å². The number of anilines is 1. The fraction of sp³-hybridized carbons (Fsp3) is 0.111. The Morgan fingerprint density at radius 1 is 1.08 bits per heavy atom. The molecule has 4 nitrogen and oxygen atoms in total. The second-order valence-electron chi connectivity index (χ2n) is 5.49. The second kappa shape index (κ2) is 6.37. The lowest BCUT2D eigenvalue weighted by atomic mass is 10.0. The van der Waals surface area contributed by atoms with E-state index in [1.165, 1.54) is 0 Å².